The van der Waals surface area contributed by atoms with Gasteiger partial charge in [-0.15, -0.1) is 6.58 Å². The Balaban J connectivity index is 2.60. The second-order valence-electron chi connectivity index (χ2n) is 3.43. The number of hydrogen-bond donors (Lipinski definition) is 0. The highest BCUT2D eigenvalue weighted by molar-refractivity contribution is 5.08. The summed E-state index contributed by atoms with van der Waals surface area (Å²) in [6, 6.07) is 0. The van der Waals surface area contributed by atoms with Crippen LogP contribution in [-0.2, 0) is 0 Å². The minimum absolute atomic E-state index is 0.736. The largest absolute Gasteiger partial charge is 0.103 e. The maximum Gasteiger partial charge on any atom is -0.0194 e. The molecule has 0 aliphatic heterocycles. The first-order chi connectivity index (χ1) is 4.72. The van der Waals surface area contributed by atoms with Gasteiger partial charge in [0.2, 0.25) is 0 Å². The van der Waals surface area contributed by atoms with E-state index in [9.17, 15) is 0 Å². The zero-order valence-electron chi connectivity index (χ0n) is 6.93. The molecule has 0 saturated heterocycles. The first-order valence-corrected chi connectivity index (χ1v) is 4.02. The third kappa shape index (κ3) is 1.73. The van der Waals surface area contributed by atoms with E-state index in [-0.39, 0.29) is 0 Å². The lowest BCUT2D eigenvalue weighted by Gasteiger charge is -2.22. The Morgan fingerprint density at radius 3 is 2.90 bits per heavy atom. The fourth-order valence-electron chi connectivity index (χ4n) is 1.78. The van der Waals surface area contributed by atoms with Crippen molar-refractivity contribution in [3.8, 4) is 0 Å². The monoisotopic (exact) mass is 136 g/mol. The van der Waals surface area contributed by atoms with E-state index >= 15 is 0 Å². The van der Waals surface area contributed by atoms with Gasteiger partial charge in [-0.3, -0.25) is 0 Å². The Hall–Kier alpha value is -0.520. The standard InChI is InChI=1S/C10H16/c1-4-10-6-8(2)5-9(3)7-10/h4-5,8,10H,1,6-7H2,2-3H3. The van der Waals surface area contributed by atoms with E-state index in [1.54, 1.807) is 0 Å². The summed E-state index contributed by atoms with van der Waals surface area (Å²) in [5.41, 5.74) is 1.53. The van der Waals surface area contributed by atoms with E-state index in [0.29, 0.717) is 0 Å². The van der Waals surface area contributed by atoms with Crippen molar-refractivity contribution in [2.75, 3.05) is 0 Å². The molecule has 0 radical (unpaired) electrons. The van der Waals surface area contributed by atoms with Gasteiger partial charge < -0.3 is 0 Å². The molecule has 0 spiro atoms. The van der Waals surface area contributed by atoms with Crippen LogP contribution in [0.4, 0.5) is 0 Å². The molecule has 10 heavy (non-hydrogen) atoms. The first-order valence-electron chi connectivity index (χ1n) is 4.02. The molecule has 0 heteroatoms. The number of hydrogen-bond acceptors (Lipinski definition) is 0. The van der Waals surface area contributed by atoms with Crippen LogP contribution in [0.25, 0.3) is 0 Å². The van der Waals surface area contributed by atoms with Crippen LogP contribution < -0.4 is 0 Å². The molecule has 0 bridgehead atoms. The average Bonchev–Trinajstić information content (AvgIpc) is 1.85. The van der Waals surface area contributed by atoms with Gasteiger partial charge in [0.25, 0.3) is 0 Å². The fraction of sp³-hybridized carbons (Fsp3) is 0.600. The summed E-state index contributed by atoms with van der Waals surface area (Å²) < 4.78 is 0. The zero-order chi connectivity index (χ0) is 7.56. The Morgan fingerprint density at radius 2 is 2.40 bits per heavy atom. The highest BCUT2D eigenvalue weighted by atomic mass is 14.2. The maximum atomic E-state index is 3.83. The van der Waals surface area contributed by atoms with Crippen molar-refractivity contribution in [3.05, 3.63) is 24.3 Å². The highest BCUT2D eigenvalue weighted by Crippen LogP contribution is 2.27. The molecule has 0 aromatic rings. The Morgan fingerprint density at radius 1 is 1.70 bits per heavy atom. The summed E-state index contributed by atoms with van der Waals surface area (Å²) >= 11 is 0. The predicted octanol–water partition coefficient (Wildman–Crippen LogP) is 3.16. The molecule has 2 unspecified atom stereocenters. The molecule has 0 aromatic heterocycles. The summed E-state index contributed by atoms with van der Waals surface area (Å²) in [4.78, 5) is 0. The van der Waals surface area contributed by atoms with Gasteiger partial charge in [0, 0.05) is 0 Å². The number of allylic oxidation sites excluding steroid dienone is 3. The highest BCUT2D eigenvalue weighted by Gasteiger charge is 2.14. The van der Waals surface area contributed by atoms with E-state index in [4.69, 9.17) is 0 Å². The molecule has 0 N–H and O–H groups in total. The fourth-order valence-corrected chi connectivity index (χ4v) is 1.78. The van der Waals surface area contributed by atoms with Crippen molar-refractivity contribution in [3.63, 3.8) is 0 Å². The van der Waals surface area contributed by atoms with Crippen molar-refractivity contribution in [2.45, 2.75) is 26.7 Å². The molecule has 0 nitrogen and oxygen atoms in total. The molecule has 0 saturated carbocycles. The van der Waals surface area contributed by atoms with Gasteiger partial charge in [-0.1, -0.05) is 24.6 Å². The molecule has 1 aliphatic rings. The summed E-state index contributed by atoms with van der Waals surface area (Å²) in [6.45, 7) is 8.32. The van der Waals surface area contributed by atoms with E-state index in [1.165, 1.54) is 18.4 Å². The lowest BCUT2D eigenvalue weighted by molar-refractivity contribution is 0.475. The first kappa shape index (κ1) is 7.59. The molecular weight excluding hydrogens is 120 g/mol. The van der Waals surface area contributed by atoms with E-state index in [2.05, 4.69) is 32.6 Å². The molecule has 0 amide bonds. The third-order valence-corrected chi connectivity index (χ3v) is 2.16. The minimum Gasteiger partial charge on any atom is -0.103 e. The summed E-state index contributed by atoms with van der Waals surface area (Å²) in [7, 11) is 0. The van der Waals surface area contributed by atoms with Crippen LogP contribution in [0, 0.1) is 11.8 Å². The van der Waals surface area contributed by atoms with E-state index in [1.807, 2.05) is 0 Å². The number of rotatable bonds is 1. The van der Waals surface area contributed by atoms with Crippen LogP contribution in [0.2, 0.25) is 0 Å². The normalized spacial score (nSPS) is 33.2. The lowest BCUT2D eigenvalue weighted by atomic mass is 9.84. The van der Waals surface area contributed by atoms with Gasteiger partial charge in [-0.2, -0.15) is 0 Å². The van der Waals surface area contributed by atoms with Gasteiger partial charge in [-0.25, -0.2) is 0 Å². The molecule has 2 atom stereocenters. The van der Waals surface area contributed by atoms with Crippen LogP contribution >= 0.6 is 0 Å². The Kier molecular flexibility index (Phi) is 2.31. The van der Waals surface area contributed by atoms with Crippen molar-refractivity contribution >= 4 is 0 Å². The molecular formula is C10H16. The van der Waals surface area contributed by atoms with Crippen molar-refractivity contribution in [1.29, 1.82) is 0 Å². The minimum atomic E-state index is 0.736. The maximum absolute atomic E-state index is 3.83. The zero-order valence-corrected chi connectivity index (χ0v) is 6.93. The van der Waals surface area contributed by atoms with Crippen molar-refractivity contribution < 1.29 is 0 Å². The van der Waals surface area contributed by atoms with Gasteiger partial charge in [0.15, 0.2) is 0 Å². The van der Waals surface area contributed by atoms with Gasteiger partial charge in [-0.05, 0) is 31.6 Å². The van der Waals surface area contributed by atoms with Crippen LogP contribution in [0.15, 0.2) is 24.3 Å². The third-order valence-electron chi connectivity index (χ3n) is 2.16. The molecule has 0 fully saturated rings. The summed E-state index contributed by atoms with van der Waals surface area (Å²) in [5.74, 6) is 1.50. The summed E-state index contributed by atoms with van der Waals surface area (Å²) in [6.07, 6.45) is 6.99. The summed E-state index contributed by atoms with van der Waals surface area (Å²) in [5, 5.41) is 0. The molecule has 0 aromatic carbocycles. The van der Waals surface area contributed by atoms with Crippen molar-refractivity contribution in [2.24, 2.45) is 11.8 Å². The smallest absolute Gasteiger partial charge is 0.0194 e. The Labute approximate surface area is 63.6 Å². The van der Waals surface area contributed by atoms with Crippen LogP contribution in [0.3, 0.4) is 0 Å². The van der Waals surface area contributed by atoms with Crippen LogP contribution in [0.5, 0.6) is 0 Å². The Bertz CT molecular complexity index is 153. The molecule has 56 valence electrons. The van der Waals surface area contributed by atoms with Crippen molar-refractivity contribution in [1.82, 2.24) is 0 Å². The molecule has 0 heterocycles. The topological polar surface area (TPSA) is 0 Å². The molecule has 1 rings (SSSR count). The second-order valence-corrected chi connectivity index (χ2v) is 3.43. The van der Waals surface area contributed by atoms with Crippen LogP contribution in [-0.4, -0.2) is 0 Å². The predicted molar refractivity (Wildman–Crippen MR) is 45.8 cm³/mol. The molecule has 1 aliphatic carbocycles. The van der Waals surface area contributed by atoms with E-state index < -0.39 is 0 Å². The second kappa shape index (κ2) is 3.05. The quantitative estimate of drug-likeness (QED) is 0.486. The SMILES string of the molecule is C=CC1CC(C)=CC(C)C1. The van der Waals surface area contributed by atoms with E-state index in [0.717, 1.165) is 11.8 Å². The van der Waals surface area contributed by atoms with Crippen LogP contribution in [0.1, 0.15) is 26.7 Å². The van der Waals surface area contributed by atoms with Gasteiger partial charge >= 0.3 is 0 Å². The van der Waals surface area contributed by atoms with Gasteiger partial charge in [0.1, 0.15) is 0 Å². The van der Waals surface area contributed by atoms with Gasteiger partial charge in [0.05, 0.1) is 0 Å². The lowest BCUT2D eigenvalue weighted by Crippen LogP contribution is -2.08. The average molecular weight is 136 g/mol.